The zero-order chi connectivity index (χ0) is 41.5. The predicted octanol–water partition coefficient (Wildman–Crippen LogP) is 5.49. The van der Waals surface area contributed by atoms with E-state index in [9.17, 15) is 29.1 Å². The quantitative estimate of drug-likeness (QED) is 0.124. The number of carbonyl (C=O) groups excluding carboxylic acids is 4. The lowest BCUT2D eigenvalue weighted by atomic mass is 9.90. The summed E-state index contributed by atoms with van der Waals surface area (Å²) in [6.07, 6.45) is -1.13. The van der Waals surface area contributed by atoms with Gasteiger partial charge in [0.1, 0.15) is 30.8 Å². The van der Waals surface area contributed by atoms with Crippen molar-refractivity contribution in [2.75, 3.05) is 54.4 Å². The van der Waals surface area contributed by atoms with Crippen LogP contribution in [0.3, 0.4) is 0 Å². The first-order valence-electron chi connectivity index (χ1n) is 19.1. The van der Waals surface area contributed by atoms with Gasteiger partial charge in [-0.25, -0.2) is 19.0 Å². The molecule has 1 aromatic heterocycles. The Morgan fingerprint density at radius 1 is 0.931 bits per heavy atom. The molecule has 0 spiro atoms. The van der Waals surface area contributed by atoms with Gasteiger partial charge in [-0.05, 0) is 55.2 Å². The van der Waals surface area contributed by atoms with Crippen molar-refractivity contribution < 1.29 is 42.9 Å². The molecular formula is C41H47FN8O8. The summed E-state index contributed by atoms with van der Waals surface area (Å²) in [7, 11) is 0. The molecule has 3 heterocycles. The smallest absolute Gasteiger partial charge is 0.410 e. The second-order valence-corrected chi connectivity index (χ2v) is 14.6. The van der Waals surface area contributed by atoms with Crippen molar-refractivity contribution in [1.82, 2.24) is 25.4 Å². The standard InChI is InChI=1S/C41H47FN8O8/c1-5-48-21-30(39(53)54)35(51)29-19-31(42)33(20-32(29)48)49-15-17-50(18-16-49)41(56)58-23-27-11-13-28(14-12-27)43-38(52)25(4)36-45-37(47-46-36)34(24(2)3)44-40(55)57-22-26-9-7-6-8-10-26/h6-14,19-20,24-25,30,34H,5,15-18,21-23H2,1-4H3,(H,43,52)(H,44,55)(H,53,54)(H,45,46,47)/t25?,30?,34-/m0/s1. The van der Waals surface area contributed by atoms with Crippen molar-refractivity contribution in [3.63, 3.8) is 0 Å². The van der Waals surface area contributed by atoms with Gasteiger partial charge in [-0.15, -0.1) is 0 Å². The summed E-state index contributed by atoms with van der Waals surface area (Å²) in [5.74, 6) is -4.21. The van der Waals surface area contributed by atoms with Gasteiger partial charge in [-0.2, -0.15) is 5.10 Å². The van der Waals surface area contributed by atoms with Crippen LogP contribution in [0.5, 0.6) is 0 Å². The van der Waals surface area contributed by atoms with Gasteiger partial charge in [0, 0.05) is 56.2 Å². The number of carboxylic acid groups (broad SMARTS) is 1. The summed E-state index contributed by atoms with van der Waals surface area (Å²) in [5, 5.41) is 22.3. The van der Waals surface area contributed by atoms with E-state index in [1.807, 2.05) is 51.1 Å². The van der Waals surface area contributed by atoms with E-state index >= 15 is 4.39 Å². The number of aromatic amines is 1. The number of hydrogen-bond donors (Lipinski definition) is 4. The largest absolute Gasteiger partial charge is 0.481 e. The van der Waals surface area contributed by atoms with Gasteiger partial charge in [-0.3, -0.25) is 19.5 Å². The zero-order valence-corrected chi connectivity index (χ0v) is 32.7. The number of anilines is 3. The molecule has 3 aromatic carbocycles. The maximum atomic E-state index is 15.3. The fourth-order valence-corrected chi connectivity index (χ4v) is 6.81. The molecule has 0 bridgehead atoms. The van der Waals surface area contributed by atoms with Crippen LogP contribution in [0.1, 0.15) is 72.8 Å². The lowest BCUT2D eigenvalue weighted by Crippen LogP contribution is -2.49. The number of nitrogens with one attached hydrogen (secondary N) is 3. The molecule has 3 atom stereocenters. The number of aromatic nitrogens is 3. The number of ether oxygens (including phenoxy) is 2. The number of hydrogen-bond acceptors (Lipinski definition) is 11. The first kappa shape index (κ1) is 41.1. The number of benzene rings is 3. The summed E-state index contributed by atoms with van der Waals surface area (Å²) in [4.78, 5) is 72.6. The number of ketones is 1. The number of aliphatic carboxylic acids is 1. The Morgan fingerprint density at radius 2 is 1.60 bits per heavy atom. The van der Waals surface area contributed by atoms with Crippen LogP contribution >= 0.6 is 0 Å². The summed E-state index contributed by atoms with van der Waals surface area (Å²) in [6.45, 7) is 9.13. The minimum absolute atomic E-state index is 0.00777. The molecule has 0 radical (unpaired) electrons. The molecule has 2 unspecified atom stereocenters. The minimum atomic E-state index is -1.25. The first-order chi connectivity index (χ1) is 27.8. The molecular weight excluding hydrogens is 751 g/mol. The highest BCUT2D eigenvalue weighted by atomic mass is 19.1. The minimum Gasteiger partial charge on any atom is -0.481 e. The van der Waals surface area contributed by atoms with Crippen molar-refractivity contribution >= 4 is 46.9 Å². The summed E-state index contributed by atoms with van der Waals surface area (Å²) >= 11 is 0. The van der Waals surface area contributed by atoms with Gasteiger partial charge in [0.15, 0.2) is 11.6 Å². The van der Waals surface area contributed by atoms with Crippen LogP contribution in [-0.2, 0) is 32.3 Å². The molecule has 16 nitrogen and oxygen atoms in total. The van der Waals surface area contributed by atoms with Crippen LogP contribution in [0.15, 0.2) is 66.7 Å². The molecule has 3 amide bonds. The number of fused-ring (bicyclic) bond motifs is 1. The Morgan fingerprint density at radius 3 is 2.26 bits per heavy atom. The molecule has 58 heavy (non-hydrogen) atoms. The maximum absolute atomic E-state index is 15.3. The fourth-order valence-electron chi connectivity index (χ4n) is 6.81. The predicted molar refractivity (Wildman–Crippen MR) is 211 cm³/mol. The molecule has 1 fully saturated rings. The van der Waals surface area contributed by atoms with Gasteiger partial charge in [0.25, 0.3) is 0 Å². The van der Waals surface area contributed by atoms with Crippen LogP contribution in [0.25, 0.3) is 0 Å². The molecule has 4 N–H and O–H groups in total. The number of H-pyrrole nitrogens is 1. The normalized spacial score (nSPS) is 16.3. The number of Topliss-reactive ketones (excluding diaryl/α,β-unsaturated/α-hetero) is 1. The van der Waals surface area contributed by atoms with Crippen LogP contribution in [0.4, 0.5) is 31.0 Å². The van der Waals surface area contributed by atoms with Crippen LogP contribution in [-0.4, -0.2) is 94.3 Å². The summed E-state index contributed by atoms with van der Waals surface area (Å²) in [6, 6.07) is 18.3. The van der Waals surface area contributed by atoms with Crippen molar-refractivity contribution in [3.8, 4) is 0 Å². The van der Waals surface area contributed by atoms with Gasteiger partial charge in [0.05, 0.1) is 17.6 Å². The molecule has 306 valence electrons. The number of halogens is 1. The van der Waals surface area contributed by atoms with Crippen molar-refractivity contribution in [3.05, 3.63) is 101 Å². The monoisotopic (exact) mass is 798 g/mol. The lowest BCUT2D eigenvalue weighted by Gasteiger charge is -2.37. The molecule has 0 aliphatic carbocycles. The number of amides is 3. The van der Waals surface area contributed by atoms with Crippen molar-refractivity contribution in [2.24, 2.45) is 11.8 Å². The average molecular weight is 799 g/mol. The van der Waals surface area contributed by atoms with E-state index in [1.165, 1.54) is 4.90 Å². The molecule has 17 heteroatoms. The molecule has 2 aliphatic heterocycles. The molecule has 4 aromatic rings. The highest BCUT2D eigenvalue weighted by Crippen LogP contribution is 2.36. The Balaban J connectivity index is 0.962. The highest BCUT2D eigenvalue weighted by molar-refractivity contribution is 6.13. The third kappa shape index (κ3) is 9.53. The Kier molecular flexibility index (Phi) is 12.9. The summed E-state index contributed by atoms with van der Waals surface area (Å²) in [5.41, 5.74) is 2.91. The molecule has 1 saturated heterocycles. The van der Waals surface area contributed by atoms with E-state index in [2.05, 4.69) is 25.8 Å². The van der Waals surface area contributed by atoms with Crippen LogP contribution in [0, 0.1) is 17.7 Å². The zero-order valence-electron chi connectivity index (χ0n) is 32.7. The van der Waals surface area contributed by atoms with Crippen molar-refractivity contribution in [2.45, 2.75) is 52.9 Å². The van der Waals surface area contributed by atoms with E-state index in [4.69, 9.17) is 9.47 Å². The second kappa shape index (κ2) is 18.2. The summed E-state index contributed by atoms with van der Waals surface area (Å²) < 4.78 is 26.2. The van der Waals surface area contributed by atoms with E-state index < -0.39 is 47.6 Å². The fraction of sp³-hybridized carbons (Fsp3) is 0.390. The van der Waals surface area contributed by atoms with E-state index in [1.54, 1.807) is 47.1 Å². The number of piperazine rings is 1. The van der Waals surface area contributed by atoms with Gasteiger partial charge in [-0.1, -0.05) is 56.3 Å². The third-order valence-electron chi connectivity index (χ3n) is 10.3. The van der Waals surface area contributed by atoms with Gasteiger partial charge < -0.3 is 39.9 Å². The molecule has 6 rings (SSSR count). The van der Waals surface area contributed by atoms with E-state index in [0.29, 0.717) is 42.4 Å². The Hall–Kier alpha value is -6.52. The molecule has 2 aliphatic rings. The number of alkyl carbamates (subject to hydrolysis) is 1. The van der Waals surface area contributed by atoms with E-state index in [-0.39, 0.29) is 61.7 Å². The topological polar surface area (TPSA) is 199 Å². The number of nitrogens with zero attached hydrogens (tertiary/aromatic N) is 5. The van der Waals surface area contributed by atoms with Crippen LogP contribution in [0.2, 0.25) is 0 Å². The highest BCUT2D eigenvalue weighted by Gasteiger charge is 2.38. The SMILES string of the molecule is CCN1CC(C(=O)O)C(=O)c2cc(F)c(N3CCN(C(=O)OCc4ccc(NC(=O)C(C)c5n[nH]c([C@@H](NC(=O)OCc6ccccc6)C(C)C)n5)cc4)CC3)cc21. The lowest BCUT2D eigenvalue weighted by molar-refractivity contribution is -0.139. The Bertz CT molecular complexity index is 2120. The van der Waals surface area contributed by atoms with E-state index in [0.717, 1.165) is 11.6 Å². The third-order valence-corrected chi connectivity index (χ3v) is 10.3. The van der Waals surface area contributed by atoms with Crippen molar-refractivity contribution in [1.29, 1.82) is 0 Å². The second-order valence-electron chi connectivity index (χ2n) is 14.6. The Labute approximate surface area is 334 Å². The number of carbonyl (C=O) groups is 5. The number of carboxylic acids is 1. The average Bonchev–Trinajstić information content (AvgIpc) is 3.71. The van der Waals surface area contributed by atoms with Gasteiger partial charge >= 0.3 is 18.2 Å². The number of rotatable bonds is 13. The molecule has 0 saturated carbocycles. The first-order valence-corrected chi connectivity index (χ1v) is 19.1. The maximum Gasteiger partial charge on any atom is 0.410 e. The van der Waals surface area contributed by atoms with Gasteiger partial charge in [0.2, 0.25) is 5.91 Å². The van der Waals surface area contributed by atoms with Crippen LogP contribution < -0.4 is 20.4 Å².